The average molecular weight is 229 g/mol. The number of nitro groups is 1. The summed E-state index contributed by atoms with van der Waals surface area (Å²) in [6, 6.07) is 0. The van der Waals surface area contributed by atoms with Crippen molar-refractivity contribution in [1.29, 1.82) is 0 Å². The van der Waals surface area contributed by atoms with E-state index in [9.17, 15) is 20.0 Å². The van der Waals surface area contributed by atoms with Gasteiger partial charge in [-0.1, -0.05) is 6.08 Å². The molecule has 7 nitrogen and oxygen atoms in total. The number of aliphatic hydroxyl groups excluding tert-OH is 1. The van der Waals surface area contributed by atoms with Crippen molar-refractivity contribution in [3.05, 3.63) is 22.3 Å². The van der Waals surface area contributed by atoms with E-state index in [1.165, 1.54) is 12.2 Å². The summed E-state index contributed by atoms with van der Waals surface area (Å²) in [5, 5.41) is 29.3. The molecule has 2 aliphatic rings. The topological polar surface area (TPSA) is 110 Å². The van der Waals surface area contributed by atoms with Gasteiger partial charge in [-0.25, -0.2) is 4.79 Å². The predicted octanol–water partition coefficient (Wildman–Crippen LogP) is -0.435. The zero-order valence-electron chi connectivity index (χ0n) is 8.28. The SMILES string of the molecule is O=C(O)[C@H]1C[C@]2([N+](=O)[O-])C=CC(O)[C@@H](C2)O1. The van der Waals surface area contributed by atoms with Crippen LogP contribution in [-0.2, 0) is 9.53 Å². The van der Waals surface area contributed by atoms with Crippen molar-refractivity contribution < 1.29 is 24.7 Å². The zero-order valence-corrected chi connectivity index (χ0v) is 8.28. The maximum Gasteiger partial charge on any atom is 0.333 e. The summed E-state index contributed by atoms with van der Waals surface area (Å²) in [7, 11) is 0. The molecule has 2 N–H and O–H groups in total. The lowest BCUT2D eigenvalue weighted by atomic mass is 9.78. The lowest BCUT2D eigenvalue weighted by Gasteiger charge is -2.39. The molecular formula is C9H11NO6. The van der Waals surface area contributed by atoms with Crippen LogP contribution in [0.1, 0.15) is 12.8 Å². The number of fused-ring (bicyclic) bond motifs is 2. The zero-order chi connectivity index (χ0) is 11.9. The van der Waals surface area contributed by atoms with Gasteiger partial charge in [0.05, 0.1) is 25.0 Å². The van der Waals surface area contributed by atoms with Gasteiger partial charge in [-0.15, -0.1) is 0 Å². The van der Waals surface area contributed by atoms with E-state index in [1.54, 1.807) is 0 Å². The van der Waals surface area contributed by atoms with E-state index in [2.05, 4.69) is 0 Å². The molecule has 7 heteroatoms. The van der Waals surface area contributed by atoms with Gasteiger partial charge in [0.15, 0.2) is 6.10 Å². The second-order valence-electron chi connectivity index (χ2n) is 4.12. The first-order chi connectivity index (χ1) is 7.44. The Kier molecular flexibility index (Phi) is 2.43. The molecule has 1 aliphatic heterocycles. The molecule has 1 aliphatic carbocycles. The first kappa shape index (κ1) is 11.0. The van der Waals surface area contributed by atoms with Crippen LogP contribution in [0.15, 0.2) is 12.2 Å². The summed E-state index contributed by atoms with van der Waals surface area (Å²) in [6.45, 7) is 0. The number of hydrogen-bond acceptors (Lipinski definition) is 5. The molecule has 16 heavy (non-hydrogen) atoms. The highest BCUT2D eigenvalue weighted by atomic mass is 16.6. The summed E-state index contributed by atoms with van der Waals surface area (Å²) in [6.07, 6.45) is -0.623. The molecule has 1 unspecified atom stereocenters. The second kappa shape index (κ2) is 3.53. The largest absolute Gasteiger partial charge is 0.479 e. The van der Waals surface area contributed by atoms with Crippen molar-refractivity contribution in [3.63, 3.8) is 0 Å². The number of nitrogens with zero attached hydrogens (tertiary/aromatic N) is 1. The first-order valence-electron chi connectivity index (χ1n) is 4.85. The summed E-state index contributed by atoms with van der Waals surface area (Å²) in [5.74, 6) is -1.24. The Morgan fingerprint density at radius 3 is 2.81 bits per heavy atom. The molecule has 2 rings (SSSR count). The monoisotopic (exact) mass is 229 g/mol. The van der Waals surface area contributed by atoms with Gasteiger partial charge >= 0.3 is 5.97 Å². The molecule has 1 saturated heterocycles. The van der Waals surface area contributed by atoms with E-state index in [0.717, 1.165) is 0 Å². The number of aliphatic carboxylic acids is 1. The first-order valence-corrected chi connectivity index (χ1v) is 4.85. The molecule has 88 valence electrons. The van der Waals surface area contributed by atoms with E-state index < -0.39 is 34.7 Å². The van der Waals surface area contributed by atoms with Crippen LogP contribution in [0.4, 0.5) is 0 Å². The van der Waals surface area contributed by atoms with Crippen LogP contribution in [0.2, 0.25) is 0 Å². The summed E-state index contributed by atoms with van der Waals surface area (Å²) in [4.78, 5) is 21.3. The minimum atomic E-state index is -1.41. The number of aliphatic hydroxyl groups is 1. The van der Waals surface area contributed by atoms with Gasteiger partial charge in [-0.3, -0.25) is 10.1 Å². The molecule has 0 aromatic heterocycles. The Labute approximate surface area is 90.5 Å². The summed E-state index contributed by atoms with van der Waals surface area (Å²) >= 11 is 0. The van der Waals surface area contributed by atoms with Gasteiger partial charge in [-0.05, 0) is 6.08 Å². The van der Waals surface area contributed by atoms with Gasteiger partial charge in [0.1, 0.15) is 0 Å². The van der Waals surface area contributed by atoms with Crippen LogP contribution in [0.5, 0.6) is 0 Å². The molecule has 0 saturated carbocycles. The van der Waals surface area contributed by atoms with Crippen molar-refractivity contribution >= 4 is 5.97 Å². The third-order valence-electron chi connectivity index (χ3n) is 3.06. The molecule has 1 heterocycles. The van der Waals surface area contributed by atoms with E-state index in [4.69, 9.17) is 9.84 Å². The minimum absolute atomic E-state index is 0.0153. The van der Waals surface area contributed by atoms with Crippen molar-refractivity contribution in [1.82, 2.24) is 0 Å². The smallest absolute Gasteiger partial charge is 0.333 e. The summed E-state index contributed by atoms with van der Waals surface area (Å²) < 4.78 is 5.10. The molecule has 4 atom stereocenters. The fourth-order valence-corrected chi connectivity index (χ4v) is 2.15. The molecule has 0 aromatic carbocycles. The summed E-state index contributed by atoms with van der Waals surface area (Å²) in [5.41, 5.74) is -1.41. The van der Waals surface area contributed by atoms with E-state index in [1.807, 2.05) is 0 Å². The Hall–Kier alpha value is -1.47. The normalized spacial score (nSPS) is 41.7. The highest BCUT2D eigenvalue weighted by Crippen LogP contribution is 2.37. The Morgan fingerprint density at radius 1 is 1.56 bits per heavy atom. The van der Waals surface area contributed by atoms with Crippen LogP contribution in [-0.4, -0.2) is 45.0 Å². The fraction of sp³-hybridized carbons (Fsp3) is 0.667. The lowest BCUT2D eigenvalue weighted by Crippen LogP contribution is -2.56. The molecule has 0 spiro atoms. The molecular weight excluding hydrogens is 218 g/mol. The number of hydrogen-bond donors (Lipinski definition) is 2. The van der Waals surface area contributed by atoms with Crippen LogP contribution < -0.4 is 0 Å². The van der Waals surface area contributed by atoms with E-state index in [-0.39, 0.29) is 12.8 Å². The van der Waals surface area contributed by atoms with Crippen LogP contribution in [0.25, 0.3) is 0 Å². The third-order valence-corrected chi connectivity index (χ3v) is 3.06. The fourth-order valence-electron chi connectivity index (χ4n) is 2.15. The Balaban J connectivity index is 2.34. The van der Waals surface area contributed by atoms with Crippen LogP contribution >= 0.6 is 0 Å². The molecule has 0 aromatic rings. The molecule has 1 fully saturated rings. The number of carboxylic acid groups (broad SMARTS) is 1. The Bertz CT molecular complexity index is 367. The van der Waals surface area contributed by atoms with Crippen LogP contribution in [0, 0.1) is 10.1 Å². The number of rotatable bonds is 2. The highest BCUT2D eigenvalue weighted by molar-refractivity contribution is 5.72. The van der Waals surface area contributed by atoms with Gasteiger partial charge in [0.2, 0.25) is 5.54 Å². The highest BCUT2D eigenvalue weighted by Gasteiger charge is 2.54. The van der Waals surface area contributed by atoms with Crippen molar-refractivity contribution in [2.24, 2.45) is 0 Å². The maximum atomic E-state index is 11.0. The lowest BCUT2D eigenvalue weighted by molar-refractivity contribution is -0.567. The molecule has 0 amide bonds. The number of ether oxygens (including phenoxy) is 1. The van der Waals surface area contributed by atoms with Crippen molar-refractivity contribution in [2.45, 2.75) is 36.7 Å². The van der Waals surface area contributed by atoms with Crippen LogP contribution in [0.3, 0.4) is 0 Å². The van der Waals surface area contributed by atoms with Crippen molar-refractivity contribution in [3.8, 4) is 0 Å². The van der Waals surface area contributed by atoms with E-state index >= 15 is 0 Å². The predicted molar refractivity (Wildman–Crippen MR) is 50.4 cm³/mol. The van der Waals surface area contributed by atoms with Gasteiger partial charge < -0.3 is 14.9 Å². The average Bonchev–Trinajstić information content (AvgIpc) is 2.23. The Morgan fingerprint density at radius 2 is 2.25 bits per heavy atom. The standard InChI is InChI=1S/C9H11NO6/c11-5-1-2-9(10(14)15)3-6(5)16-7(4-9)8(12)13/h1-2,5-7,11H,3-4H2,(H,12,13)/t5?,6-,7-,9+/m1/s1. The quantitative estimate of drug-likeness (QED) is 0.377. The minimum Gasteiger partial charge on any atom is -0.479 e. The second-order valence-corrected chi connectivity index (χ2v) is 4.12. The van der Waals surface area contributed by atoms with Gasteiger partial charge in [-0.2, -0.15) is 0 Å². The number of carbonyl (C=O) groups is 1. The van der Waals surface area contributed by atoms with Gasteiger partial charge in [0, 0.05) is 4.92 Å². The maximum absolute atomic E-state index is 11.0. The van der Waals surface area contributed by atoms with Gasteiger partial charge in [0.25, 0.3) is 0 Å². The third kappa shape index (κ3) is 1.57. The van der Waals surface area contributed by atoms with Crippen molar-refractivity contribution in [2.75, 3.05) is 0 Å². The number of carboxylic acids is 1. The molecule has 2 bridgehead atoms. The van der Waals surface area contributed by atoms with E-state index in [0.29, 0.717) is 0 Å². The molecule has 0 radical (unpaired) electrons.